The van der Waals surface area contributed by atoms with Crippen molar-refractivity contribution in [2.24, 2.45) is 5.92 Å². The van der Waals surface area contributed by atoms with Gasteiger partial charge in [-0.2, -0.15) is 0 Å². The van der Waals surface area contributed by atoms with Crippen molar-refractivity contribution >= 4 is 23.5 Å². The molecule has 1 saturated heterocycles. The van der Waals surface area contributed by atoms with Gasteiger partial charge in [0, 0.05) is 18.8 Å². The van der Waals surface area contributed by atoms with E-state index in [-0.39, 0.29) is 18.2 Å². The first-order chi connectivity index (χ1) is 11.5. The standard InChI is InChI=1S/C18H24N2O4/c1-3-24-18(23)14-4-6-15(7-5-14)19-16(21)12-17(22)20-10-8-13(2)9-11-20/h4-7,13H,3,8-12H2,1-2H3,(H,19,21). The summed E-state index contributed by atoms with van der Waals surface area (Å²) in [5, 5.41) is 2.68. The van der Waals surface area contributed by atoms with Crippen LogP contribution in [0, 0.1) is 5.92 Å². The van der Waals surface area contributed by atoms with Gasteiger partial charge < -0.3 is 15.0 Å². The topological polar surface area (TPSA) is 75.7 Å². The smallest absolute Gasteiger partial charge is 0.338 e. The lowest BCUT2D eigenvalue weighted by atomic mass is 9.99. The first kappa shape index (κ1) is 18.0. The number of rotatable bonds is 5. The molecule has 1 fully saturated rings. The lowest BCUT2D eigenvalue weighted by Gasteiger charge is -2.30. The van der Waals surface area contributed by atoms with Crippen molar-refractivity contribution in [1.82, 2.24) is 4.90 Å². The van der Waals surface area contributed by atoms with E-state index in [9.17, 15) is 14.4 Å². The predicted molar refractivity (Wildman–Crippen MR) is 90.6 cm³/mol. The number of nitrogens with one attached hydrogen (secondary N) is 1. The number of anilines is 1. The van der Waals surface area contributed by atoms with E-state index < -0.39 is 5.97 Å². The molecule has 1 heterocycles. The number of carbonyl (C=O) groups is 3. The highest BCUT2D eigenvalue weighted by atomic mass is 16.5. The number of amides is 2. The largest absolute Gasteiger partial charge is 0.462 e. The molecule has 6 nitrogen and oxygen atoms in total. The monoisotopic (exact) mass is 332 g/mol. The third kappa shape index (κ3) is 5.08. The quantitative estimate of drug-likeness (QED) is 0.664. The minimum atomic E-state index is -0.398. The lowest BCUT2D eigenvalue weighted by Crippen LogP contribution is -2.39. The first-order valence-electron chi connectivity index (χ1n) is 8.34. The van der Waals surface area contributed by atoms with Gasteiger partial charge >= 0.3 is 5.97 Å². The van der Waals surface area contributed by atoms with E-state index in [4.69, 9.17) is 4.74 Å². The van der Waals surface area contributed by atoms with E-state index in [1.165, 1.54) is 0 Å². The highest BCUT2D eigenvalue weighted by molar-refractivity contribution is 6.03. The second kappa shape index (κ2) is 8.47. The number of ether oxygens (including phenoxy) is 1. The van der Waals surface area contributed by atoms with E-state index in [1.807, 2.05) is 0 Å². The summed E-state index contributed by atoms with van der Waals surface area (Å²) in [5.41, 5.74) is 0.974. The summed E-state index contributed by atoms with van der Waals surface area (Å²) < 4.78 is 4.90. The minimum absolute atomic E-state index is 0.137. The van der Waals surface area contributed by atoms with Crippen LogP contribution in [0.15, 0.2) is 24.3 Å². The third-order valence-electron chi connectivity index (χ3n) is 4.13. The van der Waals surface area contributed by atoms with Crippen LogP contribution in [0.25, 0.3) is 0 Å². The molecule has 1 N–H and O–H groups in total. The number of carbonyl (C=O) groups excluding carboxylic acids is 3. The van der Waals surface area contributed by atoms with Gasteiger partial charge in [-0.25, -0.2) is 4.79 Å². The lowest BCUT2D eigenvalue weighted by molar-refractivity contribution is -0.135. The molecule has 2 rings (SSSR count). The van der Waals surface area contributed by atoms with Gasteiger partial charge in [-0.1, -0.05) is 6.92 Å². The van der Waals surface area contributed by atoms with Gasteiger partial charge in [-0.15, -0.1) is 0 Å². The highest BCUT2D eigenvalue weighted by Crippen LogP contribution is 2.17. The minimum Gasteiger partial charge on any atom is -0.462 e. The summed E-state index contributed by atoms with van der Waals surface area (Å²) in [6.45, 7) is 5.68. The molecule has 0 radical (unpaired) electrons. The van der Waals surface area contributed by atoms with Gasteiger partial charge in [-0.05, 0) is 49.9 Å². The third-order valence-corrected chi connectivity index (χ3v) is 4.13. The molecule has 0 unspecified atom stereocenters. The van der Waals surface area contributed by atoms with Crippen LogP contribution < -0.4 is 5.32 Å². The summed E-state index contributed by atoms with van der Waals surface area (Å²) in [5.74, 6) is -0.240. The molecule has 1 aromatic carbocycles. The number of nitrogens with zero attached hydrogens (tertiary/aromatic N) is 1. The molecule has 1 aliphatic heterocycles. The molecule has 1 aliphatic rings. The Hall–Kier alpha value is -2.37. The fourth-order valence-electron chi connectivity index (χ4n) is 2.62. The molecule has 6 heteroatoms. The summed E-state index contributed by atoms with van der Waals surface area (Å²) in [4.78, 5) is 37.4. The van der Waals surface area contributed by atoms with Crippen LogP contribution in [0.1, 0.15) is 43.5 Å². The maximum Gasteiger partial charge on any atom is 0.338 e. The fraction of sp³-hybridized carbons (Fsp3) is 0.500. The van der Waals surface area contributed by atoms with Crippen LogP contribution >= 0.6 is 0 Å². The zero-order valence-electron chi connectivity index (χ0n) is 14.2. The Morgan fingerprint density at radius 2 is 1.79 bits per heavy atom. The van der Waals surface area contributed by atoms with Gasteiger partial charge in [0.2, 0.25) is 11.8 Å². The molecular formula is C18H24N2O4. The van der Waals surface area contributed by atoms with Crippen LogP contribution in [0.2, 0.25) is 0 Å². The average molecular weight is 332 g/mol. The molecule has 2 amide bonds. The first-order valence-corrected chi connectivity index (χ1v) is 8.34. The van der Waals surface area contributed by atoms with Crippen LogP contribution in [0.3, 0.4) is 0 Å². The Kier molecular flexibility index (Phi) is 6.35. The van der Waals surface area contributed by atoms with E-state index in [0.29, 0.717) is 23.8 Å². The Morgan fingerprint density at radius 1 is 1.17 bits per heavy atom. The maximum absolute atomic E-state index is 12.1. The van der Waals surface area contributed by atoms with Crippen LogP contribution in [0.5, 0.6) is 0 Å². The van der Waals surface area contributed by atoms with Crippen molar-refractivity contribution < 1.29 is 19.1 Å². The molecule has 0 saturated carbocycles. The Bertz CT molecular complexity index is 590. The fourth-order valence-corrected chi connectivity index (χ4v) is 2.62. The number of piperidine rings is 1. The Labute approximate surface area is 142 Å². The van der Waals surface area contributed by atoms with E-state index in [1.54, 1.807) is 36.1 Å². The van der Waals surface area contributed by atoms with Crippen molar-refractivity contribution in [3.05, 3.63) is 29.8 Å². The molecule has 0 spiro atoms. The van der Waals surface area contributed by atoms with Crippen molar-refractivity contribution in [3.63, 3.8) is 0 Å². The summed E-state index contributed by atoms with van der Waals surface area (Å²) >= 11 is 0. The number of likely N-dealkylation sites (tertiary alicyclic amines) is 1. The van der Waals surface area contributed by atoms with Gasteiger partial charge in [0.15, 0.2) is 0 Å². The van der Waals surface area contributed by atoms with Gasteiger partial charge in [0.25, 0.3) is 0 Å². The molecule has 1 aromatic rings. The number of benzene rings is 1. The second-order valence-electron chi connectivity index (χ2n) is 6.09. The molecule has 24 heavy (non-hydrogen) atoms. The van der Waals surface area contributed by atoms with Gasteiger partial charge in [0.05, 0.1) is 12.2 Å². The molecule has 0 bridgehead atoms. The summed E-state index contributed by atoms with van der Waals surface area (Å²) in [6, 6.07) is 6.41. The zero-order valence-corrected chi connectivity index (χ0v) is 14.2. The SMILES string of the molecule is CCOC(=O)c1ccc(NC(=O)CC(=O)N2CCC(C)CC2)cc1. The van der Waals surface area contributed by atoms with E-state index in [2.05, 4.69) is 12.2 Å². The Morgan fingerprint density at radius 3 is 2.38 bits per heavy atom. The predicted octanol–water partition coefficient (Wildman–Crippen LogP) is 2.45. The maximum atomic E-state index is 12.1. The van der Waals surface area contributed by atoms with Crippen molar-refractivity contribution in [2.75, 3.05) is 25.0 Å². The van der Waals surface area contributed by atoms with E-state index in [0.717, 1.165) is 25.9 Å². The molecule has 0 aromatic heterocycles. The molecule has 130 valence electrons. The average Bonchev–Trinajstić information content (AvgIpc) is 2.56. The number of hydrogen-bond donors (Lipinski definition) is 1. The number of hydrogen-bond acceptors (Lipinski definition) is 4. The summed E-state index contributed by atoms with van der Waals surface area (Å²) in [6.07, 6.45) is 1.82. The second-order valence-corrected chi connectivity index (χ2v) is 6.09. The summed E-state index contributed by atoms with van der Waals surface area (Å²) in [7, 11) is 0. The zero-order chi connectivity index (χ0) is 17.5. The molecular weight excluding hydrogens is 308 g/mol. The molecule has 0 aliphatic carbocycles. The van der Waals surface area contributed by atoms with Crippen LogP contribution in [-0.4, -0.2) is 42.4 Å². The van der Waals surface area contributed by atoms with Crippen LogP contribution in [-0.2, 0) is 14.3 Å². The van der Waals surface area contributed by atoms with Gasteiger partial charge in [-0.3, -0.25) is 9.59 Å². The van der Waals surface area contributed by atoms with Crippen molar-refractivity contribution in [3.8, 4) is 0 Å². The highest BCUT2D eigenvalue weighted by Gasteiger charge is 2.22. The number of esters is 1. The normalized spacial score (nSPS) is 15.0. The van der Waals surface area contributed by atoms with Gasteiger partial charge in [0.1, 0.15) is 6.42 Å². The Balaban J connectivity index is 1.83. The molecule has 0 atom stereocenters. The van der Waals surface area contributed by atoms with Crippen molar-refractivity contribution in [1.29, 1.82) is 0 Å². The van der Waals surface area contributed by atoms with Crippen molar-refractivity contribution in [2.45, 2.75) is 33.1 Å². The van der Waals surface area contributed by atoms with E-state index >= 15 is 0 Å². The van der Waals surface area contributed by atoms with Crippen LogP contribution in [0.4, 0.5) is 5.69 Å².